The molecule has 120 valence electrons. The number of rotatable bonds is 2. The molecule has 0 aliphatic rings. The maximum absolute atomic E-state index is 12.7. The van der Waals surface area contributed by atoms with Crippen LogP contribution in [0, 0.1) is 6.92 Å². The Morgan fingerprint density at radius 3 is 2.05 bits per heavy atom. The van der Waals surface area contributed by atoms with Gasteiger partial charge in [-0.25, -0.2) is 9.36 Å². The maximum atomic E-state index is 12.7. The molecule has 0 saturated heterocycles. The van der Waals surface area contributed by atoms with Crippen LogP contribution in [0.25, 0.3) is 5.69 Å². The van der Waals surface area contributed by atoms with Crippen molar-refractivity contribution >= 4 is 23.2 Å². The van der Waals surface area contributed by atoms with Crippen LogP contribution in [0.1, 0.15) is 17.9 Å². The molecule has 1 aromatic carbocycles. The lowest BCUT2D eigenvalue weighted by molar-refractivity contribution is -0.137. The number of halogens is 7. The van der Waals surface area contributed by atoms with Gasteiger partial charge >= 0.3 is 18.4 Å². The van der Waals surface area contributed by atoms with Crippen molar-refractivity contribution in [3.63, 3.8) is 0 Å². The van der Waals surface area contributed by atoms with Gasteiger partial charge in [-0.05, 0) is 19.1 Å². The number of alkyl halides is 5. The van der Waals surface area contributed by atoms with E-state index in [9.17, 15) is 26.7 Å². The third kappa shape index (κ3) is 2.82. The quantitative estimate of drug-likeness (QED) is 0.756. The highest BCUT2D eigenvalue weighted by Gasteiger charge is 2.33. The smallest absolute Gasteiger partial charge is 0.245 e. The standard InChI is InChI=1S/C11H6Cl2F5N3O/c1-4-19-21(10(22)20(4)9(14)15)8-6(12)2-5(3-7(8)13)11(16,17)18/h2-3,9H,1H3. The van der Waals surface area contributed by atoms with Gasteiger partial charge in [0, 0.05) is 0 Å². The van der Waals surface area contributed by atoms with E-state index in [1.165, 1.54) is 0 Å². The first-order valence-corrected chi connectivity index (χ1v) is 6.32. The predicted octanol–water partition coefficient (Wildman–Crippen LogP) is 4.06. The van der Waals surface area contributed by atoms with E-state index in [0.717, 1.165) is 6.92 Å². The SMILES string of the molecule is Cc1nn(-c2c(Cl)cc(C(F)(F)F)cc2Cl)c(=O)n1C(F)F. The minimum atomic E-state index is -4.70. The van der Waals surface area contributed by atoms with E-state index in [4.69, 9.17) is 23.2 Å². The van der Waals surface area contributed by atoms with Gasteiger partial charge in [-0.3, -0.25) is 0 Å². The normalized spacial score (nSPS) is 12.2. The van der Waals surface area contributed by atoms with E-state index in [2.05, 4.69) is 5.10 Å². The third-order valence-electron chi connectivity index (χ3n) is 2.73. The number of hydrogen-bond donors (Lipinski definition) is 0. The number of benzene rings is 1. The summed E-state index contributed by atoms with van der Waals surface area (Å²) < 4.78 is 63.9. The molecule has 0 amide bonds. The number of hydrogen-bond acceptors (Lipinski definition) is 2. The molecular formula is C11H6Cl2F5N3O. The highest BCUT2D eigenvalue weighted by Crippen LogP contribution is 2.37. The average Bonchev–Trinajstić information content (AvgIpc) is 2.62. The predicted molar refractivity (Wildman–Crippen MR) is 68.8 cm³/mol. The monoisotopic (exact) mass is 361 g/mol. The summed E-state index contributed by atoms with van der Waals surface area (Å²) >= 11 is 11.4. The summed E-state index contributed by atoms with van der Waals surface area (Å²) in [5.41, 5.74) is -2.80. The zero-order chi connectivity index (χ0) is 16.8. The highest BCUT2D eigenvalue weighted by atomic mass is 35.5. The maximum Gasteiger partial charge on any atom is 0.416 e. The molecule has 0 atom stereocenters. The number of aromatic nitrogens is 3. The third-order valence-corrected chi connectivity index (χ3v) is 3.31. The minimum absolute atomic E-state index is 0.0598. The van der Waals surface area contributed by atoms with Crippen LogP contribution in [0.3, 0.4) is 0 Å². The van der Waals surface area contributed by atoms with Gasteiger partial charge < -0.3 is 0 Å². The van der Waals surface area contributed by atoms with Crippen LogP contribution in [0.4, 0.5) is 22.0 Å². The molecule has 0 saturated carbocycles. The Bertz CT molecular complexity index is 758. The molecule has 0 spiro atoms. The molecule has 11 heteroatoms. The minimum Gasteiger partial charge on any atom is -0.245 e. The second kappa shape index (κ2) is 5.54. The summed E-state index contributed by atoms with van der Waals surface area (Å²) in [5.74, 6) is -0.341. The van der Waals surface area contributed by atoms with E-state index >= 15 is 0 Å². The van der Waals surface area contributed by atoms with Crippen LogP contribution in [0.5, 0.6) is 0 Å². The molecule has 0 bridgehead atoms. The lowest BCUT2D eigenvalue weighted by Crippen LogP contribution is -2.25. The molecule has 2 aromatic rings. The average molecular weight is 362 g/mol. The molecule has 2 rings (SSSR count). The van der Waals surface area contributed by atoms with Gasteiger partial charge in [-0.15, -0.1) is 5.10 Å². The lowest BCUT2D eigenvalue weighted by atomic mass is 10.2. The topological polar surface area (TPSA) is 39.8 Å². The van der Waals surface area contributed by atoms with Crippen LogP contribution >= 0.6 is 23.2 Å². The largest absolute Gasteiger partial charge is 0.416 e. The van der Waals surface area contributed by atoms with E-state index in [1.807, 2.05) is 0 Å². The van der Waals surface area contributed by atoms with E-state index in [1.54, 1.807) is 0 Å². The van der Waals surface area contributed by atoms with Crippen LogP contribution in [-0.2, 0) is 6.18 Å². The van der Waals surface area contributed by atoms with Crippen molar-refractivity contribution in [2.24, 2.45) is 0 Å². The summed E-state index contributed by atoms with van der Waals surface area (Å²) in [7, 11) is 0. The molecule has 4 nitrogen and oxygen atoms in total. The van der Waals surface area contributed by atoms with Crippen molar-refractivity contribution in [1.29, 1.82) is 0 Å². The molecule has 0 unspecified atom stereocenters. The van der Waals surface area contributed by atoms with Gasteiger partial charge in [-0.1, -0.05) is 23.2 Å². The zero-order valence-corrected chi connectivity index (χ0v) is 12.1. The van der Waals surface area contributed by atoms with E-state index in [0.29, 0.717) is 16.8 Å². The van der Waals surface area contributed by atoms with Gasteiger partial charge in [0.15, 0.2) is 0 Å². The van der Waals surface area contributed by atoms with Crippen molar-refractivity contribution in [1.82, 2.24) is 14.3 Å². The van der Waals surface area contributed by atoms with Crippen molar-refractivity contribution in [2.45, 2.75) is 19.6 Å². The van der Waals surface area contributed by atoms with Gasteiger partial charge in [0.25, 0.3) is 0 Å². The number of aryl methyl sites for hydroxylation is 1. The van der Waals surface area contributed by atoms with Gasteiger partial charge in [0.05, 0.1) is 15.6 Å². The Labute approximate surface area is 129 Å². The molecule has 22 heavy (non-hydrogen) atoms. The molecule has 1 aromatic heterocycles. The van der Waals surface area contributed by atoms with Crippen molar-refractivity contribution in [2.75, 3.05) is 0 Å². The molecule has 0 radical (unpaired) electrons. The van der Waals surface area contributed by atoms with Crippen LogP contribution in [-0.4, -0.2) is 14.3 Å². The first-order chi connectivity index (χ1) is 10.0. The Hall–Kier alpha value is -1.61. The second-order valence-corrected chi connectivity index (χ2v) is 4.99. The van der Waals surface area contributed by atoms with E-state index < -0.39 is 39.7 Å². The first kappa shape index (κ1) is 16.8. The number of nitrogens with zero attached hydrogens (tertiary/aromatic N) is 3. The van der Waals surface area contributed by atoms with Crippen molar-refractivity contribution < 1.29 is 22.0 Å². The fourth-order valence-electron chi connectivity index (χ4n) is 1.78. The molecule has 0 aliphatic carbocycles. The summed E-state index contributed by atoms with van der Waals surface area (Å²) in [6.45, 7) is -2.02. The summed E-state index contributed by atoms with van der Waals surface area (Å²) in [6, 6.07) is 1.07. The van der Waals surface area contributed by atoms with Crippen LogP contribution in [0.15, 0.2) is 16.9 Å². The Kier molecular flexibility index (Phi) is 4.22. The molecule has 0 fully saturated rings. The summed E-state index contributed by atoms with van der Waals surface area (Å²) in [4.78, 5) is 11.9. The van der Waals surface area contributed by atoms with Crippen molar-refractivity contribution in [3.05, 3.63) is 44.1 Å². The van der Waals surface area contributed by atoms with Gasteiger partial charge in [0.2, 0.25) is 0 Å². The second-order valence-electron chi connectivity index (χ2n) is 4.18. The van der Waals surface area contributed by atoms with Crippen LogP contribution in [0.2, 0.25) is 10.0 Å². The summed E-state index contributed by atoms with van der Waals surface area (Å²) in [6.07, 6.45) is -4.70. The molecule has 1 heterocycles. The van der Waals surface area contributed by atoms with Crippen LogP contribution < -0.4 is 5.69 Å². The molecule has 0 N–H and O–H groups in total. The van der Waals surface area contributed by atoms with Gasteiger partial charge in [-0.2, -0.15) is 26.6 Å². The Balaban J connectivity index is 2.70. The highest BCUT2D eigenvalue weighted by molar-refractivity contribution is 6.37. The lowest BCUT2D eigenvalue weighted by Gasteiger charge is -2.11. The Morgan fingerprint density at radius 2 is 1.68 bits per heavy atom. The van der Waals surface area contributed by atoms with Gasteiger partial charge in [0.1, 0.15) is 11.5 Å². The Morgan fingerprint density at radius 1 is 1.18 bits per heavy atom. The fourth-order valence-corrected chi connectivity index (χ4v) is 2.43. The van der Waals surface area contributed by atoms with E-state index in [-0.39, 0.29) is 10.4 Å². The summed E-state index contributed by atoms with van der Waals surface area (Å²) in [5, 5.41) is 2.47. The first-order valence-electron chi connectivity index (χ1n) is 5.57. The fraction of sp³-hybridized carbons (Fsp3) is 0.273. The van der Waals surface area contributed by atoms with Crippen molar-refractivity contribution in [3.8, 4) is 5.69 Å². The molecule has 0 aliphatic heterocycles. The zero-order valence-electron chi connectivity index (χ0n) is 10.6. The molecular weight excluding hydrogens is 356 g/mol.